The molecule has 3 rings (SSSR count). The lowest BCUT2D eigenvalue weighted by molar-refractivity contribution is -0.139. The summed E-state index contributed by atoms with van der Waals surface area (Å²) in [5.41, 5.74) is 1.08. The van der Waals surface area contributed by atoms with Crippen LogP contribution in [0.4, 0.5) is 0 Å². The molecular weight excluding hydrogens is 475 g/mol. The van der Waals surface area contributed by atoms with Crippen LogP contribution in [0, 0.1) is 0 Å². The lowest BCUT2D eigenvalue weighted by Crippen LogP contribution is -2.32. The third kappa shape index (κ3) is 5.93. The predicted octanol–water partition coefficient (Wildman–Crippen LogP) is 5.55. The minimum Gasteiger partial charge on any atom is -0.507 e. The SMILES string of the molecule is CCCCOc1ccc(/C(O)=C2\C(=O)C(=O)N(CCCN(C)C)C2c2ccc(Cl)c(Cl)c2)cc1. The summed E-state index contributed by atoms with van der Waals surface area (Å²) in [5, 5.41) is 11.9. The van der Waals surface area contributed by atoms with Gasteiger partial charge in [-0.1, -0.05) is 42.6 Å². The summed E-state index contributed by atoms with van der Waals surface area (Å²) < 4.78 is 5.68. The number of aliphatic hydroxyl groups excluding tert-OH is 1. The minimum atomic E-state index is -0.766. The van der Waals surface area contributed by atoms with E-state index in [2.05, 4.69) is 6.92 Å². The summed E-state index contributed by atoms with van der Waals surface area (Å²) >= 11 is 12.3. The molecule has 2 aromatic carbocycles. The van der Waals surface area contributed by atoms with E-state index in [9.17, 15) is 14.7 Å². The normalized spacial score (nSPS) is 17.6. The number of likely N-dealkylation sites (tertiary alicyclic amines) is 1. The number of carbonyl (C=O) groups excluding carboxylic acids is 2. The van der Waals surface area contributed by atoms with Gasteiger partial charge < -0.3 is 19.6 Å². The Balaban J connectivity index is 2.01. The number of aliphatic hydroxyl groups is 1. The van der Waals surface area contributed by atoms with Crippen molar-refractivity contribution in [2.45, 2.75) is 32.2 Å². The fourth-order valence-corrected chi connectivity index (χ4v) is 4.20. The Bertz CT molecular complexity index is 1070. The van der Waals surface area contributed by atoms with Gasteiger partial charge in [-0.05, 0) is 75.4 Å². The van der Waals surface area contributed by atoms with Crippen molar-refractivity contribution in [2.75, 3.05) is 33.8 Å². The van der Waals surface area contributed by atoms with Crippen LogP contribution in [0.15, 0.2) is 48.0 Å². The van der Waals surface area contributed by atoms with Crippen molar-refractivity contribution in [1.29, 1.82) is 0 Å². The second kappa shape index (κ2) is 11.7. The maximum atomic E-state index is 13.1. The number of halogens is 2. The molecule has 0 bridgehead atoms. The van der Waals surface area contributed by atoms with Gasteiger partial charge in [0.25, 0.3) is 11.7 Å². The zero-order valence-electron chi connectivity index (χ0n) is 19.7. The Hall–Kier alpha value is -2.54. The molecule has 1 fully saturated rings. The predicted molar refractivity (Wildman–Crippen MR) is 135 cm³/mol. The van der Waals surface area contributed by atoms with Gasteiger partial charge >= 0.3 is 0 Å². The Labute approximate surface area is 210 Å². The number of nitrogens with zero attached hydrogens (tertiary/aromatic N) is 2. The molecule has 1 unspecified atom stereocenters. The molecule has 0 radical (unpaired) electrons. The smallest absolute Gasteiger partial charge is 0.295 e. The topological polar surface area (TPSA) is 70.1 Å². The van der Waals surface area contributed by atoms with E-state index in [0.29, 0.717) is 46.5 Å². The molecule has 0 saturated carbocycles. The first-order valence-electron chi connectivity index (χ1n) is 11.4. The van der Waals surface area contributed by atoms with Crippen molar-refractivity contribution in [2.24, 2.45) is 0 Å². The molecule has 182 valence electrons. The van der Waals surface area contributed by atoms with Crippen molar-refractivity contribution in [3.63, 3.8) is 0 Å². The van der Waals surface area contributed by atoms with E-state index in [4.69, 9.17) is 27.9 Å². The number of hydrogen-bond donors (Lipinski definition) is 1. The van der Waals surface area contributed by atoms with E-state index in [0.717, 1.165) is 19.4 Å². The zero-order valence-corrected chi connectivity index (χ0v) is 21.2. The van der Waals surface area contributed by atoms with Crippen LogP contribution in [-0.4, -0.2) is 60.4 Å². The van der Waals surface area contributed by atoms with Gasteiger partial charge in [0.15, 0.2) is 0 Å². The Morgan fingerprint density at radius 2 is 1.76 bits per heavy atom. The van der Waals surface area contributed by atoms with Crippen molar-refractivity contribution >= 4 is 40.7 Å². The van der Waals surface area contributed by atoms with Gasteiger partial charge in [0, 0.05) is 12.1 Å². The lowest BCUT2D eigenvalue weighted by atomic mass is 9.95. The minimum absolute atomic E-state index is 0.0351. The molecule has 6 nitrogen and oxygen atoms in total. The summed E-state index contributed by atoms with van der Waals surface area (Å²) in [6, 6.07) is 11.1. The van der Waals surface area contributed by atoms with Gasteiger partial charge in [-0.15, -0.1) is 0 Å². The van der Waals surface area contributed by atoms with Crippen molar-refractivity contribution in [1.82, 2.24) is 9.80 Å². The number of rotatable bonds is 10. The van der Waals surface area contributed by atoms with E-state index < -0.39 is 17.7 Å². The number of carbonyl (C=O) groups is 2. The maximum absolute atomic E-state index is 13.1. The average Bonchev–Trinajstić information content (AvgIpc) is 3.06. The van der Waals surface area contributed by atoms with E-state index in [-0.39, 0.29) is 11.3 Å². The molecule has 34 heavy (non-hydrogen) atoms. The third-order valence-corrected chi connectivity index (χ3v) is 6.44. The standard InChI is InChI=1S/C26H30Cl2N2O4/c1-4-5-15-34-19-10-7-17(8-11-19)24(31)22-23(18-9-12-20(27)21(28)16-18)30(26(33)25(22)32)14-6-13-29(2)3/h7-12,16,23,31H,4-6,13-15H2,1-3H3/b24-22+. The zero-order chi connectivity index (χ0) is 24.8. The summed E-state index contributed by atoms with van der Waals surface area (Å²) in [6.07, 6.45) is 2.65. The van der Waals surface area contributed by atoms with Gasteiger partial charge in [-0.2, -0.15) is 0 Å². The molecule has 0 aromatic heterocycles. The largest absolute Gasteiger partial charge is 0.507 e. The van der Waals surface area contributed by atoms with Crippen LogP contribution in [0.1, 0.15) is 43.4 Å². The van der Waals surface area contributed by atoms with E-state index >= 15 is 0 Å². The lowest BCUT2D eigenvalue weighted by Gasteiger charge is -2.26. The fourth-order valence-electron chi connectivity index (χ4n) is 3.90. The van der Waals surface area contributed by atoms with E-state index in [1.165, 1.54) is 4.90 Å². The van der Waals surface area contributed by atoms with Crippen LogP contribution in [0.2, 0.25) is 10.0 Å². The van der Waals surface area contributed by atoms with Gasteiger partial charge in [-0.25, -0.2) is 0 Å². The number of Topliss-reactive ketones (excluding diaryl/α,β-unsaturated/α-hetero) is 1. The molecule has 0 spiro atoms. The number of ketones is 1. The maximum Gasteiger partial charge on any atom is 0.295 e. The molecule has 2 aromatic rings. The van der Waals surface area contributed by atoms with E-state index in [1.54, 1.807) is 42.5 Å². The molecule has 1 aliphatic rings. The highest BCUT2D eigenvalue weighted by Crippen LogP contribution is 2.41. The van der Waals surface area contributed by atoms with Gasteiger partial charge in [-0.3, -0.25) is 9.59 Å². The Morgan fingerprint density at radius 3 is 2.38 bits per heavy atom. The summed E-state index contributed by atoms with van der Waals surface area (Å²) in [4.78, 5) is 29.6. The van der Waals surface area contributed by atoms with Crippen LogP contribution in [-0.2, 0) is 9.59 Å². The van der Waals surface area contributed by atoms with Gasteiger partial charge in [0.1, 0.15) is 11.5 Å². The molecule has 1 amide bonds. The second-order valence-electron chi connectivity index (χ2n) is 8.55. The third-order valence-electron chi connectivity index (χ3n) is 5.70. The second-order valence-corrected chi connectivity index (χ2v) is 9.36. The van der Waals surface area contributed by atoms with Crippen LogP contribution >= 0.6 is 23.2 Å². The number of hydrogen-bond acceptors (Lipinski definition) is 5. The molecule has 1 heterocycles. The number of amides is 1. The van der Waals surface area contributed by atoms with Crippen molar-refractivity contribution < 1.29 is 19.4 Å². The molecular formula is C26H30Cl2N2O4. The monoisotopic (exact) mass is 504 g/mol. The van der Waals surface area contributed by atoms with Crippen LogP contribution in [0.5, 0.6) is 5.75 Å². The first-order chi connectivity index (χ1) is 16.2. The van der Waals surface area contributed by atoms with Gasteiger partial charge in [0.2, 0.25) is 0 Å². The van der Waals surface area contributed by atoms with E-state index in [1.807, 2.05) is 19.0 Å². The number of ether oxygens (including phenoxy) is 1. The molecule has 1 N–H and O–H groups in total. The Kier molecular flexibility index (Phi) is 9.00. The van der Waals surface area contributed by atoms with Crippen LogP contribution < -0.4 is 4.74 Å². The van der Waals surface area contributed by atoms with Crippen LogP contribution in [0.25, 0.3) is 5.76 Å². The highest BCUT2D eigenvalue weighted by Gasteiger charge is 2.45. The molecule has 0 aliphatic carbocycles. The van der Waals surface area contributed by atoms with Crippen molar-refractivity contribution in [3.05, 3.63) is 69.2 Å². The first kappa shape index (κ1) is 26.1. The number of unbranched alkanes of at least 4 members (excludes halogenated alkanes) is 1. The highest BCUT2D eigenvalue weighted by molar-refractivity contribution is 6.46. The van der Waals surface area contributed by atoms with Gasteiger partial charge in [0.05, 0.1) is 28.3 Å². The van der Waals surface area contributed by atoms with Crippen molar-refractivity contribution in [3.8, 4) is 5.75 Å². The molecule has 1 atom stereocenters. The van der Waals surface area contributed by atoms with Crippen LogP contribution in [0.3, 0.4) is 0 Å². The molecule has 1 aliphatic heterocycles. The molecule has 1 saturated heterocycles. The average molecular weight is 505 g/mol. The Morgan fingerprint density at radius 1 is 1.06 bits per heavy atom. The highest BCUT2D eigenvalue weighted by atomic mass is 35.5. The quantitative estimate of drug-likeness (QED) is 0.199. The fraction of sp³-hybridized carbons (Fsp3) is 0.385. The summed E-state index contributed by atoms with van der Waals surface area (Å²) in [5.74, 6) is -0.919. The first-order valence-corrected chi connectivity index (χ1v) is 12.1. The molecule has 8 heteroatoms. The summed E-state index contributed by atoms with van der Waals surface area (Å²) in [7, 11) is 3.89. The summed E-state index contributed by atoms with van der Waals surface area (Å²) in [6.45, 7) is 3.80. The number of benzene rings is 2.